The highest BCUT2D eigenvalue weighted by atomic mass is 19.1. The summed E-state index contributed by atoms with van der Waals surface area (Å²) >= 11 is 0. The van der Waals surface area contributed by atoms with Gasteiger partial charge in [0.1, 0.15) is 24.3 Å². The Bertz CT molecular complexity index is 887. The first-order chi connectivity index (χ1) is 13.9. The molecule has 1 N–H and O–H groups in total. The normalized spacial score (nSPS) is 18.5. The fraction of sp³-hybridized carbons (Fsp3) is 0.333. The van der Waals surface area contributed by atoms with Crippen molar-refractivity contribution >= 4 is 11.9 Å². The standard InChI is InChI=1S/C21H21F2NO5/c1-2-20(25)24-11-17(29-19-8-5-14(22)9-18(19)23)10-15(24)12-28-16-6-3-13(4-7-16)21(26)27/h3-9,15,17H,2,10-12H2,1H3,(H,26,27)/t15-,17+/m0/s1. The highest BCUT2D eigenvalue weighted by Crippen LogP contribution is 2.27. The van der Waals surface area contributed by atoms with E-state index in [4.69, 9.17) is 14.6 Å². The van der Waals surface area contributed by atoms with Crippen molar-refractivity contribution in [3.8, 4) is 11.5 Å². The number of likely N-dealkylation sites (tertiary alicyclic amines) is 1. The second-order valence-corrected chi connectivity index (χ2v) is 6.74. The van der Waals surface area contributed by atoms with Crippen LogP contribution in [0.5, 0.6) is 11.5 Å². The van der Waals surface area contributed by atoms with Crippen LogP contribution in [0.2, 0.25) is 0 Å². The Kier molecular flexibility index (Phi) is 6.31. The lowest BCUT2D eigenvalue weighted by Crippen LogP contribution is -2.39. The number of carbonyl (C=O) groups excluding carboxylic acids is 1. The van der Waals surface area contributed by atoms with E-state index in [0.717, 1.165) is 12.1 Å². The van der Waals surface area contributed by atoms with Gasteiger partial charge in [0.15, 0.2) is 11.6 Å². The molecule has 29 heavy (non-hydrogen) atoms. The van der Waals surface area contributed by atoms with Gasteiger partial charge in [0, 0.05) is 18.9 Å². The van der Waals surface area contributed by atoms with Gasteiger partial charge in [-0.2, -0.15) is 0 Å². The molecule has 3 rings (SSSR count). The van der Waals surface area contributed by atoms with Gasteiger partial charge < -0.3 is 19.5 Å². The summed E-state index contributed by atoms with van der Waals surface area (Å²) in [6.07, 6.45) is 0.283. The lowest BCUT2D eigenvalue weighted by molar-refractivity contribution is -0.132. The Hall–Kier alpha value is -3.16. The van der Waals surface area contributed by atoms with Crippen molar-refractivity contribution in [2.75, 3.05) is 13.2 Å². The molecule has 8 heteroatoms. The number of hydrogen-bond donors (Lipinski definition) is 1. The molecule has 0 aromatic heterocycles. The van der Waals surface area contributed by atoms with E-state index < -0.39 is 23.7 Å². The first-order valence-corrected chi connectivity index (χ1v) is 9.24. The minimum atomic E-state index is -1.03. The van der Waals surface area contributed by atoms with Crippen molar-refractivity contribution in [2.24, 2.45) is 0 Å². The van der Waals surface area contributed by atoms with Crippen molar-refractivity contribution in [1.82, 2.24) is 4.90 Å². The molecule has 2 aromatic carbocycles. The first kappa shape index (κ1) is 20.6. The lowest BCUT2D eigenvalue weighted by atomic mass is 10.2. The van der Waals surface area contributed by atoms with Gasteiger partial charge in [-0.05, 0) is 36.4 Å². The van der Waals surface area contributed by atoms with E-state index in [2.05, 4.69) is 0 Å². The smallest absolute Gasteiger partial charge is 0.335 e. The van der Waals surface area contributed by atoms with E-state index >= 15 is 0 Å². The molecule has 0 bridgehead atoms. The monoisotopic (exact) mass is 405 g/mol. The Labute approximate surface area is 166 Å². The van der Waals surface area contributed by atoms with E-state index in [1.807, 2.05) is 0 Å². The molecule has 1 saturated heterocycles. The van der Waals surface area contributed by atoms with Gasteiger partial charge >= 0.3 is 5.97 Å². The van der Waals surface area contributed by atoms with Gasteiger partial charge in [-0.3, -0.25) is 4.79 Å². The molecule has 0 unspecified atom stereocenters. The van der Waals surface area contributed by atoms with Crippen molar-refractivity contribution in [3.05, 3.63) is 59.7 Å². The van der Waals surface area contributed by atoms with Crippen LogP contribution in [-0.4, -0.2) is 47.2 Å². The van der Waals surface area contributed by atoms with Crippen molar-refractivity contribution in [3.63, 3.8) is 0 Å². The van der Waals surface area contributed by atoms with Gasteiger partial charge in [-0.1, -0.05) is 6.92 Å². The quantitative estimate of drug-likeness (QED) is 0.763. The van der Waals surface area contributed by atoms with Crippen molar-refractivity contribution in [1.29, 1.82) is 0 Å². The minimum absolute atomic E-state index is 0.0638. The maximum atomic E-state index is 13.9. The number of amides is 1. The third kappa shape index (κ3) is 5.01. The molecule has 1 aliphatic rings. The Morgan fingerprint density at radius 1 is 1.17 bits per heavy atom. The molecule has 0 saturated carbocycles. The number of carboxylic acid groups (broad SMARTS) is 1. The van der Waals surface area contributed by atoms with Crippen molar-refractivity contribution < 1.29 is 33.0 Å². The molecule has 2 atom stereocenters. The maximum absolute atomic E-state index is 13.9. The number of hydrogen-bond acceptors (Lipinski definition) is 4. The number of halogens is 2. The zero-order valence-corrected chi connectivity index (χ0v) is 15.8. The third-order valence-electron chi connectivity index (χ3n) is 4.73. The second-order valence-electron chi connectivity index (χ2n) is 6.74. The first-order valence-electron chi connectivity index (χ1n) is 9.24. The third-order valence-corrected chi connectivity index (χ3v) is 4.73. The molecule has 1 fully saturated rings. The van der Waals surface area contributed by atoms with E-state index in [9.17, 15) is 18.4 Å². The van der Waals surface area contributed by atoms with Gasteiger partial charge in [-0.15, -0.1) is 0 Å². The largest absolute Gasteiger partial charge is 0.491 e. The summed E-state index contributed by atoms with van der Waals surface area (Å²) in [5, 5.41) is 8.94. The number of benzene rings is 2. The number of rotatable bonds is 7. The minimum Gasteiger partial charge on any atom is -0.491 e. The molecule has 6 nitrogen and oxygen atoms in total. The molecule has 1 aliphatic heterocycles. The number of nitrogens with zero attached hydrogens (tertiary/aromatic N) is 1. The molecular formula is C21H21F2NO5. The van der Waals surface area contributed by atoms with E-state index in [1.54, 1.807) is 24.0 Å². The van der Waals surface area contributed by atoms with E-state index in [0.29, 0.717) is 18.6 Å². The lowest BCUT2D eigenvalue weighted by Gasteiger charge is -2.24. The van der Waals surface area contributed by atoms with Crippen LogP contribution in [0.15, 0.2) is 42.5 Å². The highest BCUT2D eigenvalue weighted by Gasteiger charge is 2.36. The van der Waals surface area contributed by atoms with Crippen molar-refractivity contribution in [2.45, 2.75) is 31.9 Å². The van der Waals surface area contributed by atoms with Crippen LogP contribution in [-0.2, 0) is 4.79 Å². The Morgan fingerprint density at radius 2 is 1.90 bits per heavy atom. The second kappa shape index (κ2) is 8.89. The average molecular weight is 405 g/mol. The maximum Gasteiger partial charge on any atom is 0.335 e. The number of carboxylic acids is 1. The fourth-order valence-electron chi connectivity index (χ4n) is 3.26. The van der Waals surface area contributed by atoms with Gasteiger partial charge in [0.2, 0.25) is 5.91 Å². The summed E-state index contributed by atoms with van der Waals surface area (Å²) in [5.41, 5.74) is 0.149. The SMILES string of the molecule is CCC(=O)N1C[C@H](Oc2ccc(F)cc2F)C[C@H]1COc1ccc(C(=O)O)cc1. The Balaban J connectivity index is 1.65. The molecule has 0 aliphatic carbocycles. The van der Waals surface area contributed by atoms with E-state index in [1.165, 1.54) is 18.2 Å². The molecule has 0 radical (unpaired) electrons. The van der Waals surface area contributed by atoms with Crippen LogP contribution in [0.25, 0.3) is 0 Å². The molecular weight excluding hydrogens is 384 g/mol. The van der Waals surface area contributed by atoms with Gasteiger partial charge in [-0.25, -0.2) is 13.6 Å². The summed E-state index contributed by atoms with van der Waals surface area (Å²) in [7, 11) is 0. The van der Waals surface area contributed by atoms with Crippen LogP contribution >= 0.6 is 0 Å². The van der Waals surface area contributed by atoms with Crippen LogP contribution in [0.4, 0.5) is 8.78 Å². The molecule has 0 spiro atoms. The average Bonchev–Trinajstić information content (AvgIpc) is 3.11. The summed E-state index contributed by atoms with van der Waals surface area (Å²) in [6, 6.07) is 8.78. The fourth-order valence-corrected chi connectivity index (χ4v) is 3.26. The highest BCUT2D eigenvalue weighted by molar-refractivity contribution is 5.87. The molecule has 1 heterocycles. The predicted octanol–water partition coefficient (Wildman–Crippen LogP) is 3.50. The van der Waals surface area contributed by atoms with Crippen LogP contribution in [0.3, 0.4) is 0 Å². The van der Waals surface area contributed by atoms with E-state index in [-0.39, 0.29) is 36.4 Å². The zero-order valence-electron chi connectivity index (χ0n) is 15.8. The summed E-state index contributed by atoms with van der Waals surface area (Å²) < 4.78 is 38.3. The molecule has 2 aromatic rings. The topological polar surface area (TPSA) is 76.1 Å². The number of ether oxygens (including phenoxy) is 2. The molecule has 154 valence electrons. The van der Waals surface area contributed by atoms with Gasteiger partial charge in [0.25, 0.3) is 0 Å². The van der Waals surface area contributed by atoms with Crippen LogP contribution < -0.4 is 9.47 Å². The number of aromatic carboxylic acids is 1. The summed E-state index contributed by atoms with van der Waals surface area (Å²) in [6.45, 7) is 2.21. The summed E-state index contributed by atoms with van der Waals surface area (Å²) in [5.74, 6) is -2.18. The van der Waals surface area contributed by atoms with Crippen LogP contribution in [0, 0.1) is 11.6 Å². The zero-order chi connectivity index (χ0) is 21.0. The number of carbonyl (C=O) groups is 2. The predicted molar refractivity (Wildman–Crippen MR) is 100 cm³/mol. The molecule has 1 amide bonds. The van der Waals surface area contributed by atoms with Gasteiger partial charge in [0.05, 0.1) is 18.2 Å². The van der Waals surface area contributed by atoms with Crippen LogP contribution in [0.1, 0.15) is 30.1 Å². The Morgan fingerprint density at radius 3 is 2.52 bits per heavy atom. The summed E-state index contributed by atoms with van der Waals surface area (Å²) in [4.78, 5) is 24.8.